The van der Waals surface area contributed by atoms with Crippen LogP contribution in [-0.2, 0) is 0 Å². The van der Waals surface area contributed by atoms with E-state index in [0.717, 1.165) is 43.7 Å². The molecule has 2 aromatic carbocycles. The first-order valence-electron chi connectivity index (χ1n) is 10.4. The first-order valence-corrected chi connectivity index (χ1v) is 11.3. The second-order valence-electron chi connectivity index (χ2n) is 7.91. The van der Waals surface area contributed by atoms with Crippen LogP contribution in [0.4, 0.5) is 5.13 Å². The number of thiazole rings is 1. The standard InChI is InChI=1S/C24H25N3OS/c1-16(17-7-3-2-4-8-17)26-24-27-21-12-11-18(15-23(21)29-24)28-22-13-14-25-20-10-6-5-9-19(20)22/h5-6,9-17H,2-4,7-8H2,1H3,(H,26,27)/t16-/m1/s1. The predicted molar refractivity (Wildman–Crippen MR) is 121 cm³/mol. The normalized spacial score (nSPS) is 16.2. The minimum atomic E-state index is 0.467. The molecule has 0 amide bonds. The maximum Gasteiger partial charge on any atom is 0.184 e. The fourth-order valence-corrected chi connectivity index (χ4v) is 5.25. The molecule has 1 saturated carbocycles. The van der Waals surface area contributed by atoms with Gasteiger partial charge in [0.05, 0.1) is 15.7 Å². The Morgan fingerprint density at radius 3 is 2.79 bits per heavy atom. The highest BCUT2D eigenvalue weighted by molar-refractivity contribution is 7.22. The first-order chi connectivity index (χ1) is 14.3. The van der Waals surface area contributed by atoms with Crippen molar-refractivity contribution in [3.8, 4) is 11.5 Å². The van der Waals surface area contributed by atoms with Crippen LogP contribution in [0.2, 0.25) is 0 Å². The fourth-order valence-electron chi connectivity index (χ4n) is 4.26. The average molecular weight is 404 g/mol. The Bertz CT molecular complexity index is 1130. The number of aromatic nitrogens is 2. The zero-order chi connectivity index (χ0) is 19.6. The Balaban J connectivity index is 1.36. The number of nitrogens with zero attached hydrogens (tertiary/aromatic N) is 2. The Morgan fingerprint density at radius 1 is 1.03 bits per heavy atom. The summed E-state index contributed by atoms with van der Waals surface area (Å²) in [6.07, 6.45) is 8.56. The van der Waals surface area contributed by atoms with Crippen LogP contribution in [-0.4, -0.2) is 16.0 Å². The highest BCUT2D eigenvalue weighted by Gasteiger charge is 2.20. The van der Waals surface area contributed by atoms with Crippen molar-refractivity contribution < 1.29 is 4.74 Å². The van der Waals surface area contributed by atoms with Crippen LogP contribution >= 0.6 is 11.3 Å². The lowest BCUT2D eigenvalue weighted by Gasteiger charge is -2.28. The first kappa shape index (κ1) is 18.4. The van der Waals surface area contributed by atoms with Gasteiger partial charge in [-0.05, 0) is 56.0 Å². The molecule has 0 bridgehead atoms. The van der Waals surface area contributed by atoms with Gasteiger partial charge in [-0.2, -0.15) is 0 Å². The molecule has 1 N–H and O–H groups in total. The van der Waals surface area contributed by atoms with Crippen LogP contribution in [0.25, 0.3) is 21.1 Å². The third kappa shape index (κ3) is 3.92. The third-order valence-electron chi connectivity index (χ3n) is 5.90. The molecule has 1 aliphatic carbocycles. The highest BCUT2D eigenvalue weighted by atomic mass is 32.1. The average Bonchev–Trinajstić information content (AvgIpc) is 3.16. The van der Waals surface area contributed by atoms with Crippen molar-refractivity contribution in [3.05, 3.63) is 54.7 Å². The van der Waals surface area contributed by atoms with Crippen molar-refractivity contribution >= 4 is 37.6 Å². The molecule has 0 unspecified atom stereocenters. The van der Waals surface area contributed by atoms with E-state index in [1.165, 1.54) is 32.1 Å². The summed E-state index contributed by atoms with van der Waals surface area (Å²) in [7, 11) is 0. The van der Waals surface area contributed by atoms with Gasteiger partial charge in [0.2, 0.25) is 0 Å². The molecule has 0 radical (unpaired) electrons. The molecule has 0 spiro atoms. The molecule has 5 rings (SSSR count). The van der Waals surface area contributed by atoms with Gasteiger partial charge in [-0.25, -0.2) is 4.98 Å². The quantitative estimate of drug-likeness (QED) is 0.389. The number of pyridine rings is 1. The van der Waals surface area contributed by atoms with Crippen LogP contribution in [0.1, 0.15) is 39.0 Å². The van der Waals surface area contributed by atoms with Crippen LogP contribution < -0.4 is 10.1 Å². The summed E-state index contributed by atoms with van der Waals surface area (Å²) in [4.78, 5) is 9.19. The van der Waals surface area contributed by atoms with Crippen molar-refractivity contribution in [1.29, 1.82) is 0 Å². The van der Waals surface area contributed by atoms with Gasteiger partial charge in [0.25, 0.3) is 0 Å². The van der Waals surface area contributed by atoms with Gasteiger partial charge in [-0.1, -0.05) is 42.7 Å². The number of para-hydroxylation sites is 1. The molecule has 5 heteroatoms. The van der Waals surface area contributed by atoms with Crippen molar-refractivity contribution in [1.82, 2.24) is 9.97 Å². The van der Waals surface area contributed by atoms with Crippen molar-refractivity contribution in [2.75, 3.05) is 5.32 Å². The summed E-state index contributed by atoms with van der Waals surface area (Å²) in [5, 5.41) is 5.67. The van der Waals surface area contributed by atoms with Crippen LogP contribution in [0.5, 0.6) is 11.5 Å². The van der Waals surface area contributed by atoms with E-state index in [4.69, 9.17) is 9.72 Å². The van der Waals surface area contributed by atoms with Crippen molar-refractivity contribution in [3.63, 3.8) is 0 Å². The number of anilines is 1. The van der Waals surface area contributed by atoms with Crippen LogP contribution in [0, 0.1) is 5.92 Å². The van der Waals surface area contributed by atoms with E-state index in [1.807, 2.05) is 42.5 Å². The minimum Gasteiger partial charge on any atom is -0.457 e. The van der Waals surface area contributed by atoms with Gasteiger partial charge >= 0.3 is 0 Å². The second kappa shape index (κ2) is 7.99. The molecule has 29 heavy (non-hydrogen) atoms. The van der Waals surface area contributed by atoms with Crippen LogP contribution in [0.3, 0.4) is 0 Å². The molecule has 2 aromatic heterocycles. The van der Waals surface area contributed by atoms with Crippen molar-refractivity contribution in [2.45, 2.75) is 45.1 Å². The lowest BCUT2D eigenvalue weighted by Crippen LogP contribution is -2.27. The minimum absolute atomic E-state index is 0.467. The second-order valence-corrected chi connectivity index (χ2v) is 8.94. The third-order valence-corrected chi connectivity index (χ3v) is 6.85. The van der Waals surface area contributed by atoms with Crippen molar-refractivity contribution in [2.24, 2.45) is 5.92 Å². The molecule has 2 heterocycles. The molecule has 1 aliphatic rings. The van der Waals surface area contributed by atoms with Gasteiger partial charge < -0.3 is 10.1 Å². The van der Waals surface area contributed by atoms with E-state index in [1.54, 1.807) is 17.5 Å². The molecule has 4 nitrogen and oxygen atoms in total. The number of ether oxygens (including phenoxy) is 1. The van der Waals surface area contributed by atoms with Gasteiger partial charge in [0.15, 0.2) is 5.13 Å². The van der Waals surface area contributed by atoms with Crippen LogP contribution in [0.15, 0.2) is 54.7 Å². The van der Waals surface area contributed by atoms with E-state index < -0.39 is 0 Å². The zero-order valence-corrected chi connectivity index (χ0v) is 17.4. The fraction of sp³-hybridized carbons (Fsp3) is 0.333. The number of nitrogens with one attached hydrogen (secondary N) is 1. The molecule has 148 valence electrons. The highest BCUT2D eigenvalue weighted by Crippen LogP contribution is 2.35. The maximum atomic E-state index is 6.20. The Morgan fingerprint density at radius 2 is 1.90 bits per heavy atom. The van der Waals surface area contributed by atoms with Gasteiger partial charge in [0, 0.05) is 23.7 Å². The summed E-state index contributed by atoms with van der Waals surface area (Å²) in [6, 6.07) is 16.5. The van der Waals surface area contributed by atoms with E-state index in [-0.39, 0.29) is 0 Å². The predicted octanol–water partition coefficient (Wildman–Crippen LogP) is 7.02. The molecule has 1 atom stereocenters. The number of hydrogen-bond donors (Lipinski definition) is 1. The number of rotatable bonds is 5. The molecule has 0 saturated heterocycles. The van der Waals surface area contributed by atoms with E-state index in [2.05, 4.69) is 23.3 Å². The number of fused-ring (bicyclic) bond motifs is 2. The Hall–Kier alpha value is -2.66. The lowest BCUT2D eigenvalue weighted by molar-refractivity contribution is 0.328. The molecular formula is C24H25N3OS. The summed E-state index contributed by atoms with van der Waals surface area (Å²) in [5.74, 6) is 2.41. The van der Waals surface area contributed by atoms with E-state index >= 15 is 0 Å². The molecule has 0 aliphatic heterocycles. The lowest BCUT2D eigenvalue weighted by atomic mass is 9.85. The zero-order valence-electron chi connectivity index (χ0n) is 16.6. The number of hydrogen-bond acceptors (Lipinski definition) is 5. The van der Waals surface area contributed by atoms with Gasteiger partial charge in [-0.3, -0.25) is 4.98 Å². The number of benzene rings is 2. The topological polar surface area (TPSA) is 47.0 Å². The Kier molecular flexibility index (Phi) is 5.06. The maximum absolute atomic E-state index is 6.20. The molecular weight excluding hydrogens is 378 g/mol. The Labute approximate surface area is 175 Å². The summed E-state index contributed by atoms with van der Waals surface area (Å²) in [5.41, 5.74) is 1.95. The smallest absolute Gasteiger partial charge is 0.184 e. The summed E-state index contributed by atoms with van der Waals surface area (Å²) < 4.78 is 7.34. The SMILES string of the molecule is C[C@@H](Nc1nc2ccc(Oc3ccnc4ccccc34)cc2s1)C1CCCCC1. The largest absolute Gasteiger partial charge is 0.457 e. The summed E-state index contributed by atoms with van der Waals surface area (Å²) in [6.45, 7) is 2.30. The van der Waals surface area contributed by atoms with E-state index in [9.17, 15) is 0 Å². The molecule has 1 fully saturated rings. The van der Waals surface area contributed by atoms with Gasteiger partial charge in [-0.15, -0.1) is 0 Å². The van der Waals surface area contributed by atoms with E-state index in [0.29, 0.717) is 6.04 Å². The molecule has 4 aromatic rings. The monoisotopic (exact) mass is 403 g/mol. The van der Waals surface area contributed by atoms with Gasteiger partial charge in [0.1, 0.15) is 11.5 Å². The summed E-state index contributed by atoms with van der Waals surface area (Å²) >= 11 is 1.70.